The zero-order valence-electron chi connectivity index (χ0n) is 27.7. The standard InChI is InChI=1S/C21H25.C10H15.C6H5.CH3.CH2.2ClH.Zr/c1-20(2,3)16-9-7-14-11-15-8-10-17(21(4,5)6)13-19(15)18(14)12-16;1-8-5-6-9(7-8)10(2,3)4;1-2-4-6-5-3-1;;;;;/h7,9-10,12-13H,11H2,1-6H3;6-8H,1-4H3;1-5H;1H3;1H2;2*1H;/q4*-1;;;;. The van der Waals surface area contributed by atoms with Gasteiger partial charge in [0.25, 0.3) is 0 Å². The summed E-state index contributed by atoms with van der Waals surface area (Å²) in [7, 11) is 0. The van der Waals surface area contributed by atoms with E-state index in [4.69, 9.17) is 0 Å². The van der Waals surface area contributed by atoms with Gasteiger partial charge in [-0.05, 0) is 17.4 Å². The van der Waals surface area contributed by atoms with Crippen LogP contribution in [0.25, 0.3) is 11.1 Å². The minimum absolute atomic E-state index is 0. The number of halogens is 2. The first kappa shape index (κ1) is 42.6. The maximum absolute atomic E-state index is 3.53. The maximum Gasteiger partial charge on any atom is -0.171 e. The van der Waals surface area contributed by atoms with E-state index in [-0.39, 0.29) is 43.1 Å². The largest absolute Gasteiger partial charge is 0.358 e. The molecule has 230 valence electrons. The third-order valence-corrected chi connectivity index (χ3v) is 6.93. The van der Waals surface area contributed by atoms with Crippen molar-refractivity contribution in [1.82, 2.24) is 0 Å². The summed E-state index contributed by atoms with van der Waals surface area (Å²) in [6, 6.07) is 27.6. The van der Waals surface area contributed by atoms with Gasteiger partial charge in [0.2, 0.25) is 0 Å². The Morgan fingerprint density at radius 2 is 1.31 bits per heavy atom. The van der Waals surface area contributed by atoms with Crippen LogP contribution < -0.4 is 0 Å². The molecular formula is C39H52Cl2Zr-4. The molecule has 0 spiro atoms. The second-order valence-corrected chi connectivity index (χ2v) is 13.4. The van der Waals surface area contributed by atoms with Crippen molar-refractivity contribution in [1.29, 1.82) is 0 Å². The number of fused-ring (bicyclic) bond motifs is 3. The molecular weight excluding hydrogens is 631 g/mol. The van der Waals surface area contributed by atoms with E-state index in [1.54, 1.807) is 0 Å². The molecule has 0 saturated carbocycles. The second kappa shape index (κ2) is 18.3. The Balaban J connectivity index is 0. The summed E-state index contributed by atoms with van der Waals surface area (Å²) in [6.07, 6.45) is 8.68. The SMILES string of the molecule is CC(C)(C)c1c[c-]c2c(c1)-c1cc(C(C)(C)C)ccc1C2.CC1[C-]=CC(C(C)(C)C)=C1.Cl.Cl.[CH2]=[Zr].[CH3-].[c-]1ccccc1. The zero-order chi connectivity index (χ0) is 29.4. The summed E-state index contributed by atoms with van der Waals surface area (Å²) in [5.74, 6) is 0.522. The molecule has 42 heavy (non-hydrogen) atoms. The molecule has 0 heterocycles. The molecule has 0 saturated heterocycles. The molecule has 0 nitrogen and oxygen atoms in total. The molecule has 1 unspecified atom stereocenters. The van der Waals surface area contributed by atoms with Gasteiger partial charge < -0.3 is 7.43 Å². The van der Waals surface area contributed by atoms with Crippen LogP contribution in [0, 0.1) is 37.0 Å². The smallest absolute Gasteiger partial charge is 0.171 e. The van der Waals surface area contributed by atoms with Gasteiger partial charge in [0.15, 0.2) is 0 Å². The van der Waals surface area contributed by atoms with E-state index < -0.39 is 0 Å². The molecule has 1 atom stereocenters. The second-order valence-electron chi connectivity index (χ2n) is 13.4. The Hall–Kier alpha value is -1.53. The van der Waals surface area contributed by atoms with Gasteiger partial charge in [-0.25, -0.2) is 6.08 Å². The molecule has 0 aromatic heterocycles. The van der Waals surface area contributed by atoms with Crippen molar-refractivity contribution >= 4 is 29.0 Å². The van der Waals surface area contributed by atoms with E-state index >= 15 is 0 Å². The molecule has 3 aromatic rings. The van der Waals surface area contributed by atoms with Crippen molar-refractivity contribution in [3.05, 3.63) is 126 Å². The Bertz CT molecular complexity index is 1180. The normalized spacial score (nSPS) is 14.2. The molecule has 0 aliphatic heterocycles. The van der Waals surface area contributed by atoms with Crippen LogP contribution in [-0.4, -0.2) is 4.21 Å². The van der Waals surface area contributed by atoms with Crippen LogP contribution in [0.5, 0.6) is 0 Å². The Morgan fingerprint density at radius 3 is 1.69 bits per heavy atom. The van der Waals surface area contributed by atoms with Gasteiger partial charge in [-0.3, -0.25) is 6.08 Å². The predicted molar refractivity (Wildman–Crippen MR) is 189 cm³/mol. The molecule has 0 radical (unpaired) electrons. The van der Waals surface area contributed by atoms with E-state index in [2.05, 4.69) is 134 Å². The minimum atomic E-state index is 0. The van der Waals surface area contributed by atoms with Gasteiger partial charge in [0.05, 0.1) is 0 Å². The molecule has 2 aliphatic rings. The fourth-order valence-corrected chi connectivity index (χ4v) is 4.38. The van der Waals surface area contributed by atoms with E-state index in [9.17, 15) is 0 Å². The topological polar surface area (TPSA) is 0 Å². The van der Waals surface area contributed by atoms with Crippen molar-refractivity contribution < 1.29 is 24.2 Å². The summed E-state index contributed by atoms with van der Waals surface area (Å²) >= 11 is 1.30. The van der Waals surface area contributed by atoms with Crippen molar-refractivity contribution in [3.63, 3.8) is 0 Å². The van der Waals surface area contributed by atoms with Gasteiger partial charge >= 0.3 is 28.4 Å². The molecule has 0 fully saturated rings. The molecule has 0 N–H and O–H groups in total. The predicted octanol–water partition coefficient (Wildman–Crippen LogP) is 11.4. The third-order valence-electron chi connectivity index (χ3n) is 6.93. The zero-order valence-corrected chi connectivity index (χ0v) is 31.8. The van der Waals surface area contributed by atoms with Crippen LogP contribution in [0.1, 0.15) is 91.5 Å². The average molecular weight is 683 g/mol. The number of benzene rings is 3. The van der Waals surface area contributed by atoms with Crippen molar-refractivity contribution in [3.8, 4) is 11.1 Å². The van der Waals surface area contributed by atoms with E-state index in [0.29, 0.717) is 11.3 Å². The van der Waals surface area contributed by atoms with Gasteiger partial charge in [0.1, 0.15) is 0 Å². The van der Waals surface area contributed by atoms with Gasteiger partial charge in [-0.2, -0.15) is 77.4 Å². The summed E-state index contributed by atoms with van der Waals surface area (Å²) < 4.78 is 3.34. The average Bonchev–Trinajstić information content (AvgIpc) is 3.49. The number of rotatable bonds is 0. The first-order chi connectivity index (χ1) is 18.2. The molecule has 3 heteroatoms. The van der Waals surface area contributed by atoms with E-state index in [1.807, 2.05) is 30.3 Å². The van der Waals surface area contributed by atoms with Crippen LogP contribution in [0.15, 0.2) is 78.4 Å². The summed E-state index contributed by atoms with van der Waals surface area (Å²) in [4.78, 5) is 0. The third kappa shape index (κ3) is 12.6. The Morgan fingerprint density at radius 1 is 0.762 bits per heavy atom. The van der Waals surface area contributed by atoms with Crippen LogP contribution in [-0.2, 0) is 41.5 Å². The van der Waals surface area contributed by atoms with Crippen molar-refractivity contribution in [2.45, 2.75) is 86.5 Å². The number of allylic oxidation sites excluding steroid dienone is 4. The monoisotopic (exact) mass is 680 g/mol. The summed E-state index contributed by atoms with van der Waals surface area (Å²) in [5, 5.41) is 0. The number of hydrogen-bond donors (Lipinski definition) is 0. The molecule has 0 bridgehead atoms. The van der Waals surface area contributed by atoms with Crippen molar-refractivity contribution in [2.24, 2.45) is 11.3 Å². The number of hydrogen-bond acceptors (Lipinski definition) is 0. The van der Waals surface area contributed by atoms with Crippen molar-refractivity contribution in [2.75, 3.05) is 0 Å². The van der Waals surface area contributed by atoms with Gasteiger partial charge in [-0.15, -0.1) is 30.4 Å². The van der Waals surface area contributed by atoms with E-state index in [1.165, 1.54) is 63.2 Å². The molecule has 5 rings (SSSR count). The van der Waals surface area contributed by atoms with Crippen LogP contribution >= 0.6 is 24.8 Å². The first-order valence-corrected chi connectivity index (χ1v) is 15.7. The maximum atomic E-state index is 3.53. The molecule has 3 aromatic carbocycles. The molecule has 2 aliphatic carbocycles. The van der Waals surface area contributed by atoms with Gasteiger partial charge in [0, 0.05) is 0 Å². The summed E-state index contributed by atoms with van der Waals surface area (Å²) in [5.41, 5.74) is 10.5. The minimum Gasteiger partial charge on any atom is -0.358 e. The fourth-order valence-electron chi connectivity index (χ4n) is 4.38. The van der Waals surface area contributed by atoms with Crippen LogP contribution in [0.2, 0.25) is 0 Å². The fraction of sp³-hybridized carbons (Fsp3) is 0.385. The van der Waals surface area contributed by atoms with Crippen LogP contribution in [0.4, 0.5) is 0 Å². The van der Waals surface area contributed by atoms with Crippen LogP contribution in [0.3, 0.4) is 0 Å². The Labute approximate surface area is 286 Å². The quantitative estimate of drug-likeness (QED) is 0.162. The Kier molecular flexibility index (Phi) is 18.6. The first-order valence-electron chi connectivity index (χ1n) is 13.9. The summed E-state index contributed by atoms with van der Waals surface area (Å²) in [6.45, 7) is 22.5. The van der Waals surface area contributed by atoms with Gasteiger partial charge in [-0.1, -0.05) is 115 Å². The van der Waals surface area contributed by atoms with E-state index in [0.717, 1.165) is 6.42 Å². The molecule has 0 amide bonds.